The van der Waals surface area contributed by atoms with Gasteiger partial charge >= 0.3 is 0 Å². The average molecular weight is 243 g/mol. The van der Waals surface area contributed by atoms with Crippen LogP contribution in [0.5, 0.6) is 5.75 Å². The number of para-hydroxylation sites is 1. The summed E-state index contributed by atoms with van der Waals surface area (Å²) in [5.41, 5.74) is 2.65. The molecule has 3 heteroatoms. The number of aromatic nitrogens is 1. The Balaban J connectivity index is 2.11. The molecule has 0 fully saturated rings. The van der Waals surface area contributed by atoms with Crippen molar-refractivity contribution in [2.24, 2.45) is 0 Å². The zero-order valence-corrected chi connectivity index (χ0v) is 10.6. The molecule has 18 heavy (non-hydrogen) atoms. The van der Waals surface area contributed by atoms with Gasteiger partial charge in [-0.2, -0.15) is 0 Å². The number of hydrogen-bond donors (Lipinski definition) is 1. The largest absolute Gasteiger partial charge is 0.487 e. The van der Waals surface area contributed by atoms with Crippen molar-refractivity contribution in [3.05, 3.63) is 59.4 Å². The minimum absolute atomic E-state index is 0.408. The van der Waals surface area contributed by atoms with Crippen LogP contribution in [0.25, 0.3) is 0 Å². The van der Waals surface area contributed by atoms with Gasteiger partial charge in [0.25, 0.3) is 0 Å². The van der Waals surface area contributed by atoms with Crippen LogP contribution < -0.4 is 4.74 Å². The highest BCUT2D eigenvalue weighted by atomic mass is 16.5. The predicted octanol–water partition coefficient (Wildman–Crippen LogP) is 3.02. The molecule has 3 nitrogen and oxygen atoms in total. The van der Waals surface area contributed by atoms with Crippen molar-refractivity contribution >= 4 is 0 Å². The summed E-state index contributed by atoms with van der Waals surface area (Å²) in [6, 6.07) is 13.3. The SMILES string of the molecule is Cc1cccc(COc2ccccc2[C@@H](C)O)n1. The maximum atomic E-state index is 9.65. The van der Waals surface area contributed by atoms with Gasteiger partial charge in [0.1, 0.15) is 12.4 Å². The van der Waals surface area contributed by atoms with E-state index in [2.05, 4.69) is 4.98 Å². The maximum Gasteiger partial charge on any atom is 0.130 e. The first-order chi connectivity index (χ1) is 8.66. The van der Waals surface area contributed by atoms with Gasteiger partial charge in [0.05, 0.1) is 11.8 Å². The first kappa shape index (κ1) is 12.6. The highest BCUT2D eigenvalue weighted by Crippen LogP contribution is 2.25. The Bertz CT molecular complexity index is 523. The van der Waals surface area contributed by atoms with Crippen molar-refractivity contribution in [3.63, 3.8) is 0 Å². The molecule has 94 valence electrons. The second kappa shape index (κ2) is 5.65. The van der Waals surface area contributed by atoms with Crippen molar-refractivity contribution in [1.29, 1.82) is 0 Å². The van der Waals surface area contributed by atoms with Gasteiger partial charge in [-0.1, -0.05) is 24.3 Å². The van der Waals surface area contributed by atoms with Gasteiger partial charge in [0.15, 0.2) is 0 Å². The van der Waals surface area contributed by atoms with Gasteiger partial charge in [0.2, 0.25) is 0 Å². The fraction of sp³-hybridized carbons (Fsp3) is 0.267. The summed E-state index contributed by atoms with van der Waals surface area (Å²) < 4.78 is 5.72. The normalized spacial score (nSPS) is 12.2. The third-order valence-corrected chi connectivity index (χ3v) is 2.69. The van der Waals surface area contributed by atoms with E-state index in [9.17, 15) is 5.11 Å². The molecule has 0 aliphatic carbocycles. The number of aliphatic hydroxyl groups is 1. The summed E-state index contributed by atoms with van der Waals surface area (Å²) in [4.78, 5) is 4.38. The van der Waals surface area contributed by atoms with E-state index in [-0.39, 0.29) is 0 Å². The lowest BCUT2D eigenvalue weighted by molar-refractivity contribution is 0.190. The fourth-order valence-corrected chi connectivity index (χ4v) is 1.79. The minimum Gasteiger partial charge on any atom is -0.487 e. The lowest BCUT2D eigenvalue weighted by Crippen LogP contribution is -2.02. The lowest BCUT2D eigenvalue weighted by Gasteiger charge is -2.13. The first-order valence-corrected chi connectivity index (χ1v) is 5.99. The van der Waals surface area contributed by atoms with Crippen LogP contribution in [0.4, 0.5) is 0 Å². The number of ether oxygens (including phenoxy) is 1. The monoisotopic (exact) mass is 243 g/mol. The molecule has 0 saturated carbocycles. The quantitative estimate of drug-likeness (QED) is 0.897. The second-order valence-corrected chi connectivity index (χ2v) is 4.27. The number of benzene rings is 1. The van der Waals surface area contributed by atoms with E-state index in [0.29, 0.717) is 12.4 Å². The molecular formula is C15H17NO2. The molecule has 0 bridgehead atoms. The number of hydrogen-bond acceptors (Lipinski definition) is 3. The van der Waals surface area contributed by atoms with E-state index < -0.39 is 6.10 Å². The smallest absolute Gasteiger partial charge is 0.130 e. The molecular weight excluding hydrogens is 226 g/mol. The Morgan fingerprint density at radius 2 is 1.94 bits per heavy atom. The molecule has 1 N–H and O–H groups in total. The Kier molecular flexibility index (Phi) is 3.95. The Morgan fingerprint density at radius 1 is 1.17 bits per heavy atom. The van der Waals surface area contributed by atoms with Crippen molar-refractivity contribution < 1.29 is 9.84 Å². The summed E-state index contributed by atoms with van der Waals surface area (Å²) >= 11 is 0. The highest BCUT2D eigenvalue weighted by Gasteiger charge is 2.08. The molecule has 1 atom stereocenters. The minimum atomic E-state index is -0.535. The first-order valence-electron chi connectivity index (χ1n) is 5.99. The number of rotatable bonds is 4. The van der Waals surface area contributed by atoms with E-state index in [1.165, 1.54) is 0 Å². The van der Waals surface area contributed by atoms with E-state index in [1.54, 1.807) is 6.92 Å². The molecule has 2 aromatic rings. The highest BCUT2D eigenvalue weighted by molar-refractivity contribution is 5.34. The van der Waals surface area contributed by atoms with Crippen LogP contribution in [0.2, 0.25) is 0 Å². The molecule has 1 aromatic carbocycles. The van der Waals surface area contributed by atoms with Crippen molar-refractivity contribution in [2.75, 3.05) is 0 Å². The van der Waals surface area contributed by atoms with Crippen LogP contribution >= 0.6 is 0 Å². The second-order valence-electron chi connectivity index (χ2n) is 4.27. The van der Waals surface area contributed by atoms with Crippen LogP contribution in [0.15, 0.2) is 42.5 Å². The van der Waals surface area contributed by atoms with E-state index >= 15 is 0 Å². The Hall–Kier alpha value is -1.87. The van der Waals surface area contributed by atoms with Gasteiger partial charge < -0.3 is 9.84 Å². The molecule has 2 rings (SSSR count). The van der Waals surface area contributed by atoms with Gasteiger partial charge in [-0.15, -0.1) is 0 Å². The van der Waals surface area contributed by atoms with Crippen LogP contribution in [-0.4, -0.2) is 10.1 Å². The molecule has 0 radical (unpaired) electrons. The molecule has 0 unspecified atom stereocenters. The van der Waals surface area contributed by atoms with Crippen molar-refractivity contribution in [3.8, 4) is 5.75 Å². The van der Waals surface area contributed by atoms with Crippen LogP contribution in [0.3, 0.4) is 0 Å². The van der Waals surface area contributed by atoms with Gasteiger partial charge in [0, 0.05) is 11.3 Å². The predicted molar refractivity (Wildman–Crippen MR) is 70.4 cm³/mol. The summed E-state index contributed by atoms with van der Waals surface area (Å²) in [6.07, 6.45) is -0.535. The molecule has 0 aliphatic heterocycles. The number of nitrogens with zero attached hydrogens (tertiary/aromatic N) is 1. The maximum absolute atomic E-state index is 9.65. The molecule has 0 spiro atoms. The number of aryl methyl sites for hydroxylation is 1. The lowest BCUT2D eigenvalue weighted by atomic mass is 10.1. The molecule has 0 amide bonds. The van der Waals surface area contributed by atoms with Crippen LogP contribution in [0, 0.1) is 6.92 Å². The molecule has 0 aliphatic rings. The zero-order valence-electron chi connectivity index (χ0n) is 10.6. The fourth-order valence-electron chi connectivity index (χ4n) is 1.79. The molecule has 1 aromatic heterocycles. The number of aliphatic hydroxyl groups excluding tert-OH is 1. The summed E-state index contributed by atoms with van der Waals surface area (Å²) in [7, 11) is 0. The van der Waals surface area contributed by atoms with Crippen LogP contribution in [-0.2, 0) is 6.61 Å². The van der Waals surface area contributed by atoms with Crippen molar-refractivity contribution in [1.82, 2.24) is 4.98 Å². The summed E-state index contributed by atoms with van der Waals surface area (Å²) in [5.74, 6) is 0.704. The van der Waals surface area contributed by atoms with Crippen molar-refractivity contribution in [2.45, 2.75) is 26.6 Å². The van der Waals surface area contributed by atoms with Gasteiger partial charge in [-0.3, -0.25) is 4.98 Å². The average Bonchev–Trinajstić information content (AvgIpc) is 2.37. The topological polar surface area (TPSA) is 42.4 Å². The van der Waals surface area contributed by atoms with E-state index in [0.717, 1.165) is 17.0 Å². The Labute approximate surface area is 107 Å². The van der Waals surface area contributed by atoms with Crippen LogP contribution in [0.1, 0.15) is 30.0 Å². The third kappa shape index (κ3) is 3.08. The summed E-state index contributed by atoms with van der Waals surface area (Å²) in [5, 5.41) is 9.65. The zero-order chi connectivity index (χ0) is 13.0. The summed E-state index contributed by atoms with van der Waals surface area (Å²) in [6.45, 7) is 4.09. The molecule has 1 heterocycles. The standard InChI is InChI=1S/C15H17NO2/c1-11-6-5-7-13(16-11)10-18-15-9-4-3-8-14(15)12(2)17/h3-9,12,17H,10H2,1-2H3/t12-/m1/s1. The van der Waals surface area contributed by atoms with Gasteiger partial charge in [-0.25, -0.2) is 0 Å². The van der Waals surface area contributed by atoms with Gasteiger partial charge in [-0.05, 0) is 32.0 Å². The Morgan fingerprint density at radius 3 is 2.67 bits per heavy atom. The number of pyridine rings is 1. The molecule has 0 saturated heterocycles. The van der Waals surface area contributed by atoms with E-state index in [1.807, 2.05) is 49.4 Å². The van der Waals surface area contributed by atoms with E-state index in [4.69, 9.17) is 4.74 Å². The third-order valence-electron chi connectivity index (χ3n) is 2.69.